The minimum Gasteiger partial charge on any atom is -0.303 e. The second-order valence-corrected chi connectivity index (χ2v) is 3.91. The molecule has 0 amide bonds. The van der Waals surface area contributed by atoms with Crippen LogP contribution in [0.2, 0.25) is 0 Å². The van der Waals surface area contributed by atoms with Crippen LogP contribution in [0.3, 0.4) is 0 Å². The SMILES string of the molecule is CC1Cc2c(F)cnc3ccc(=O)n1c23. The molecule has 0 aliphatic carbocycles. The number of pyridine rings is 2. The molecule has 0 saturated heterocycles. The topological polar surface area (TPSA) is 34.9 Å². The fourth-order valence-electron chi connectivity index (χ4n) is 2.28. The predicted molar refractivity (Wildman–Crippen MR) is 54.4 cm³/mol. The summed E-state index contributed by atoms with van der Waals surface area (Å²) in [4.78, 5) is 15.6. The molecule has 0 N–H and O–H groups in total. The molecule has 0 radical (unpaired) electrons. The van der Waals surface area contributed by atoms with Crippen molar-refractivity contribution in [2.75, 3.05) is 0 Å². The van der Waals surface area contributed by atoms with Crippen LogP contribution in [-0.4, -0.2) is 9.55 Å². The zero-order chi connectivity index (χ0) is 10.6. The lowest BCUT2D eigenvalue weighted by atomic mass is 10.1. The quantitative estimate of drug-likeness (QED) is 0.654. The van der Waals surface area contributed by atoms with Crippen molar-refractivity contribution >= 4 is 11.0 Å². The van der Waals surface area contributed by atoms with Crippen LogP contribution in [0.1, 0.15) is 18.5 Å². The molecule has 0 aromatic carbocycles. The van der Waals surface area contributed by atoms with Crippen LogP contribution in [-0.2, 0) is 6.42 Å². The fourth-order valence-corrected chi connectivity index (χ4v) is 2.28. The third kappa shape index (κ3) is 0.988. The van der Waals surface area contributed by atoms with Gasteiger partial charge in [-0.3, -0.25) is 9.78 Å². The number of aromatic nitrogens is 2. The summed E-state index contributed by atoms with van der Waals surface area (Å²) in [5.74, 6) is -0.314. The summed E-state index contributed by atoms with van der Waals surface area (Å²) in [6.45, 7) is 1.92. The molecule has 3 nitrogen and oxygen atoms in total. The van der Waals surface area contributed by atoms with Gasteiger partial charge in [-0.1, -0.05) is 0 Å². The van der Waals surface area contributed by atoms with E-state index < -0.39 is 0 Å². The van der Waals surface area contributed by atoms with Gasteiger partial charge in [-0.15, -0.1) is 0 Å². The van der Waals surface area contributed by atoms with Crippen molar-refractivity contribution in [3.8, 4) is 0 Å². The van der Waals surface area contributed by atoms with E-state index in [0.717, 1.165) is 0 Å². The van der Waals surface area contributed by atoms with E-state index in [-0.39, 0.29) is 17.4 Å². The molecule has 15 heavy (non-hydrogen) atoms. The Morgan fingerprint density at radius 3 is 3.13 bits per heavy atom. The fraction of sp³-hybridized carbons (Fsp3) is 0.273. The first-order valence-electron chi connectivity index (χ1n) is 4.87. The lowest BCUT2D eigenvalue weighted by Gasteiger charge is -2.06. The standard InChI is InChI=1S/C11H9FN2O/c1-6-4-7-8(12)5-13-9-2-3-10(15)14(6)11(7)9/h2-3,5-6H,4H2,1H3. The van der Waals surface area contributed by atoms with Crippen molar-refractivity contribution in [1.29, 1.82) is 0 Å². The van der Waals surface area contributed by atoms with Crippen LogP contribution in [0.5, 0.6) is 0 Å². The smallest absolute Gasteiger partial charge is 0.251 e. The van der Waals surface area contributed by atoms with Crippen LogP contribution in [0.15, 0.2) is 23.1 Å². The van der Waals surface area contributed by atoms with Crippen molar-refractivity contribution < 1.29 is 4.39 Å². The minimum atomic E-state index is -0.314. The summed E-state index contributed by atoms with van der Waals surface area (Å²) in [6, 6.07) is 3.16. The highest BCUT2D eigenvalue weighted by atomic mass is 19.1. The molecule has 0 fully saturated rings. The van der Waals surface area contributed by atoms with Crippen molar-refractivity contribution in [2.45, 2.75) is 19.4 Å². The molecule has 2 aromatic heterocycles. The lowest BCUT2D eigenvalue weighted by Crippen LogP contribution is -2.19. The van der Waals surface area contributed by atoms with Crippen molar-refractivity contribution in [3.05, 3.63) is 40.1 Å². The molecule has 0 spiro atoms. The highest BCUT2D eigenvalue weighted by Crippen LogP contribution is 2.30. The second kappa shape index (κ2) is 2.66. The lowest BCUT2D eigenvalue weighted by molar-refractivity contribution is 0.560. The van der Waals surface area contributed by atoms with E-state index in [9.17, 15) is 9.18 Å². The Morgan fingerprint density at radius 1 is 1.53 bits per heavy atom. The molecule has 1 unspecified atom stereocenters. The van der Waals surface area contributed by atoms with Crippen LogP contribution in [0, 0.1) is 5.82 Å². The summed E-state index contributed by atoms with van der Waals surface area (Å²) in [5, 5.41) is 0. The molecule has 2 aromatic rings. The first-order valence-corrected chi connectivity index (χ1v) is 4.87. The largest absolute Gasteiger partial charge is 0.303 e. The molecular weight excluding hydrogens is 195 g/mol. The molecule has 0 bridgehead atoms. The van der Waals surface area contributed by atoms with Gasteiger partial charge in [-0.05, 0) is 19.4 Å². The molecule has 4 heteroatoms. The van der Waals surface area contributed by atoms with Gasteiger partial charge in [0.25, 0.3) is 5.56 Å². The molecular formula is C11H9FN2O. The molecule has 3 rings (SSSR count). The van der Waals surface area contributed by atoms with Crippen molar-refractivity contribution in [2.24, 2.45) is 0 Å². The molecule has 1 aliphatic heterocycles. The molecule has 76 valence electrons. The highest BCUT2D eigenvalue weighted by molar-refractivity contribution is 5.80. The Bertz CT molecular complexity index is 618. The van der Waals surface area contributed by atoms with Gasteiger partial charge >= 0.3 is 0 Å². The zero-order valence-corrected chi connectivity index (χ0v) is 8.20. The average molecular weight is 204 g/mol. The van der Waals surface area contributed by atoms with Gasteiger partial charge in [0.1, 0.15) is 5.82 Å². The highest BCUT2D eigenvalue weighted by Gasteiger charge is 2.24. The minimum absolute atomic E-state index is 0.0231. The van der Waals surface area contributed by atoms with Gasteiger partial charge in [0, 0.05) is 17.7 Å². The van der Waals surface area contributed by atoms with Crippen LogP contribution in [0.4, 0.5) is 4.39 Å². The summed E-state index contributed by atoms with van der Waals surface area (Å²) in [7, 11) is 0. The van der Waals surface area contributed by atoms with E-state index in [4.69, 9.17) is 0 Å². The average Bonchev–Trinajstić information content (AvgIpc) is 2.56. The molecule has 3 heterocycles. The summed E-state index contributed by atoms with van der Waals surface area (Å²) in [6.07, 6.45) is 1.80. The number of rotatable bonds is 0. The molecule has 1 atom stereocenters. The van der Waals surface area contributed by atoms with Gasteiger partial charge < -0.3 is 4.57 Å². The summed E-state index contributed by atoms with van der Waals surface area (Å²) in [5.41, 5.74) is 1.89. The normalized spacial score (nSPS) is 18.7. The van der Waals surface area contributed by atoms with Gasteiger partial charge in [-0.2, -0.15) is 0 Å². The molecule has 0 saturated carbocycles. The zero-order valence-electron chi connectivity index (χ0n) is 8.20. The van der Waals surface area contributed by atoms with Gasteiger partial charge in [0.15, 0.2) is 0 Å². The maximum absolute atomic E-state index is 13.5. The predicted octanol–water partition coefficient (Wildman–Crippen LogP) is 1.65. The van der Waals surface area contributed by atoms with E-state index in [0.29, 0.717) is 23.0 Å². The summed E-state index contributed by atoms with van der Waals surface area (Å²) < 4.78 is 15.1. The number of hydrogen-bond donors (Lipinski definition) is 0. The Labute approximate surface area is 85.2 Å². The number of hydrogen-bond acceptors (Lipinski definition) is 2. The Morgan fingerprint density at radius 2 is 2.33 bits per heavy atom. The number of nitrogens with zero attached hydrogens (tertiary/aromatic N) is 2. The van der Waals surface area contributed by atoms with E-state index in [1.54, 1.807) is 10.6 Å². The maximum atomic E-state index is 13.5. The van der Waals surface area contributed by atoms with E-state index in [1.807, 2.05) is 6.92 Å². The first-order chi connectivity index (χ1) is 7.18. The monoisotopic (exact) mass is 204 g/mol. The van der Waals surface area contributed by atoms with Crippen LogP contribution < -0.4 is 5.56 Å². The van der Waals surface area contributed by atoms with Gasteiger partial charge in [-0.25, -0.2) is 4.39 Å². The van der Waals surface area contributed by atoms with Crippen LogP contribution >= 0.6 is 0 Å². The van der Waals surface area contributed by atoms with Crippen molar-refractivity contribution in [1.82, 2.24) is 9.55 Å². The van der Waals surface area contributed by atoms with Gasteiger partial charge in [0.05, 0.1) is 17.2 Å². The third-order valence-electron chi connectivity index (χ3n) is 2.94. The first kappa shape index (κ1) is 8.59. The molecule has 1 aliphatic rings. The van der Waals surface area contributed by atoms with Crippen molar-refractivity contribution in [3.63, 3.8) is 0 Å². The van der Waals surface area contributed by atoms with E-state index in [2.05, 4.69) is 4.98 Å². The number of halogens is 1. The Balaban J connectivity index is 2.59. The van der Waals surface area contributed by atoms with E-state index in [1.165, 1.54) is 12.3 Å². The van der Waals surface area contributed by atoms with Gasteiger partial charge in [0.2, 0.25) is 0 Å². The van der Waals surface area contributed by atoms with Crippen LogP contribution in [0.25, 0.3) is 11.0 Å². The summed E-state index contributed by atoms with van der Waals surface area (Å²) >= 11 is 0. The third-order valence-corrected chi connectivity index (χ3v) is 2.94. The maximum Gasteiger partial charge on any atom is 0.251 e. The Hall–Kier alpha value is -1.71. The second-order valence-electron chi connectivity index (χ2n) is 3.91. The Kier molecular flexibility index (Phi) is 1.52. The van der Waals surface area contributed by atoms with E-state index >= 15 is 0 Å².